The lowest BCUT2D eigenvalue weighted by atomic mass is 10.2. The van der Waals surface area contributed by atoms with Gasteiger partial charge in [0.05, 0.1) is 6.61 Å². The molecule has 0 saturated heterocycles. The third-order valence-corrected chi connectivity index (χ3v) is 3.59. The van der Waals surface area contributed by atoms with Crippen LogP contribution in [-0.2, 0) is 4.79 Å². The molecule has 0 saturated carbocycles. The van der Waals surface area contributed by atoms with Gasteiger partial charge in [-0.2, -0.15) is 11.8 Å². The van der Waals surface area contributed by atoms with E-state index in [1.165, 1.54) is 12.1 Å². The summed E-state index contributed by atoms with van der Waals surface area (Å²) in [5.74, 6) is 0.736. The Bertz CT molecular complexity index is 499. The largest absolute Gasteiger partial charge is 0.494 e. The second kappa shape index (κ2) is 10.7. The van der Waals surface area contributed by atoms with Crippen molar-refractivity contribution in [2.75, 3.05) is 25.2 Å². The van der Waals surface area contributed by atoms with Gasteiger partial charge in [0.2, 0.25) is 5.91 Å². The number of benzene rings is 1. The number of carbonyl (C=O) groups excluding carboxylic acids is 2. The predicted octanol–water partition coefficient (Wildman–Crippen LogP) is 1.50. The number of ether oxygens (including phenoxy) is 1. The van der Waals surface area contributed by atoms with Crippen LogP contribution in [0.4, 0.5) is 9.18 Å². The molecule has 0 aromatic heterocycles. The second-order valence-electron chi connectivity index (χ2n) is 4.79. The molecular formula is C15H22FN3O3S. The van der Waals surface area contributed by atoms with Crippen LogP contribution in [0.15, 0.2) is 24.3 Å². The highest BCUT2D eigenvalue weighted by molar-refractivity contribution is 7.98. The van der Waals surface area contributed by atoms with Gasteiger partial charge in [0.1, 0.15) is 17.6 Å². The summed E-state index contributed by atoms with van der Waals surface area (Å²) >= 11 is 1.59. The molecular weight excluding hydrogens is 321 g/mol. The molecule has 0 spiro atoms. The summed E-state index contributed by atoms with van der Waals surface area (Å²) in [4.78, 5) is 22.9. The maximum atomic E-state index is 12.7. The molecule has 0 fully saturated rings. The number of hydrogen-bond donors (Lipinski definition) is 3. The summed E-state index contributed by atoms with van der Waals surface area (Å²) in [7, 11) is 0. The van der Waals surface area contributed by atoms with Gasteiger partial charge >= 0.3 is 6.03 Å². The molecule has 4 N–H and O–H groups in total. The van der Waals surface area contributed by atoms with Gasteiger partial charge in [-0.05, 0) is 49.1 Å². The van der Waals surface area contributed by atoms with E-state index in [-0.39, 0.29) is 11.7 Å². The molecule has 0 aliphatic carbocycles. The lowest BCUT2D eigenvalue weighted by molar-refractivity contribution is -0.122. The lowest BCUT2D eigenvalue weighted by Gasteiger charge is -2.16. The number of nitrogens with two attached hydrogens (primary N) is 1. The van der Waals surface area contributed by atoms with Crippen molar-refractivity contribution in [2.45, 2.75) is 18.9 Å². The van der Waals surface area contributed by atoms with Gasteiger partial charge in [0.15, 0.2) is 0 Å². The van der Waals surface area contributed by atoms with E-state index < -0.39 is 12.1 Å². The summed E-state index contributed by atoms with van der Waals surface area (Å²) in [6.07, 6.45) is 3.03. The van der Waals surface area contributed by atoms with Crippen LogP contribution in [0.3, 0.4) is 0 Å². The van der Waals surface area contributed by atoms with E-state index in [0.29, 0.717) is 31.7 Å². The van der Waals surface area contributed by atoms with Gasteiger partial charge in [0, 0.05) is 6.54 Å². The molecule has 0 aliphatic rings. The standard InChI is InChI=1S/C15H22FN3O3S/c1-23-10-7-13(19-15(17)21)14(20)18-8-2-9-22-12-5-3-11(16)4-6-12/h3-6,13H,2,7-10H2,1H3,(H,18,20)(H3,17,19,21). The summed E-state index contributed by atoms with van der Waals surface area (Å²) in [6, 6.07) is 4.39. The quantitative estimate of drug-likeness (QED) is 0.561. The SMILES string of the molecule is CSCCC(NC(N)=O)C(=O)NCCCOc1ccc(F)cc1. The van der Waals surface area contributed by atoms with Crippen molar-refractivity contribution < 1.29 is 18.7 Å². The summed E-state index contributed by atoms with van der Waals surface area (Å²) in [5.41, 5.74) is 5.07. The van der Waals surface area contributed by atoms with E-state index in [9.17, 15) is 14.0 Å². The Kier molecular flexibility index (Phi) is 8.89. The summed E-state index contributed by atoms with van der Waals surface area (Å²) in [5, 5.41) is 5.17. The Balaban J connectivity index is 2.25. The third-order valence-electron chi connectivity index (χ3n) is 2.95. The van der Waals surface area contributed by atoms with Crippen molar-refractivity contribution in [1.29, 1.82) is 0 Å². The number of thioether (sulfide) groups is 1. The number of rotatable bonds is 10. The van der Waals surface area contributed by atoms with Crippen LogP contribution < -0.4 is 21.1 Å². The molecule has 1 aromatic carbocycles. The Morgan fingerprint density at radius 1 is 1.35 bits per heavy atom. The summed E-state index contributed by atoms with van der Waals surface area (Å²) < 4.78 is 18.2. The highest BCUT2D eigenvalue weighted by atomic mass is 32.2. The monoisotopic (exact) mass is 343 g/mol. The molecule has 0 bridgehead atoms. The Hall–Kier alpha value is -1.96. The average Bonchev–Trinajstić information content (AvgIpc) is 2.52. The molecule has 128 valence electrons. The topological polar surface area (TPSA) is 93.5 Å². The van der Waals surface area contributed by atoms with Gasteiger partial charge < -0.3 is 21.1 Å². The van der Waals surface area contributed by atoms with Crippen molar-refractivity contribution in [3.63, 3.8) is 0 Å². The maximum Gasteiger partial charge on any atom is 0.312 e. The zero-order valence-electron chi connectivity index (χ0n) is 13.0. The number of hydrogen-bond acceptors (Lipinski definition) is 4. The molecule has 1 atom stereocenters. The van der Waals surface area contributed by atoms with E-state index in [2.05, 4.69) is 10.6 Å². The Morgan fingerprint density at radius 2 is 2.04 bits per heavy atom. The van der Waals surface area contributed by atoms with Crippen LogP contribution in [0.25, 0.3) is 0 Å². The molecule has 1 aromatic rings. The van der Waals surface area contributed by atoms with Crippen LogP contribution >= 0.6 is 11.8 Å². The highest BCUT2D eigenvalue weighted by Gasteiger charge is 2.18. The molecule has 0 aliphatic heterocycles. The van der Waals surface area contributed by atoms with E-state index in [1.54, 1.807) is 23.9 Å². The molecule has 0 radical (unpaired) electrons. The first-order valence-corrected chi connectivity index (χ1v) is 8.63. The number of amides is 3. The van der Waals surface area contributed by atoms with Gasteiger partial charge in [-0.25, -0.2) is 9.18 Å². The van der Waals surface area contributed by atoms with Crippen LogP contribution in [0.2, 0.25) is 0 Å². The van der Waals surface area contributed by atoms with Gasteiger partial charge in [-0.15, -0.1) is 0 Å². The van der Waals surface area contributed by atoms with Crippen molar-refractivity contribution in [1.82, 2.24) is 10.6 Å². The maximum absolute atomic E-state index is 12.7. The van der Waals surface area contributed by atoms with E-state index >= 15 is 0 Å². The smallest absolute Gasteiger partial charge is 0.312 e. The third kappa shape index (κ3) is 8.29. The fourth-order valence-corrected chi connectivity index (χ4v) is 2.28. The number of urea groups is 1. The Labute approximate surface area is 139 Å². The van der Waals surface area contributed by atoms with Crippen molar-refractivity contribution in [3.05, 3.63) is 30.1 Å². The number of halogens is 1. The minimum Gasteiger partial charge on any atom is -0.494 e. The molecule has 6 nitrogen and oxygen atoms in total. The first-order chi connectivity index (χ1) is 11.0. The van der Waals surface area contributed by atoms with Gasteiger partial charge in [-0.1, -0.05) is 0 Å². The molecule has 23 heavy (non-hydrogen) atoms. The van der Waals surface area contributed by atoms with E-state index in [0.717, 1.165) is 5.75 Å². The highest BCUT2D eigenvalue weighted by Crippen LogP contribution is 2.10. The van der Waals surface area contributed by atoms with Crippen molar-refractivity contribution >= 4 is 23.7 Å². The molecule has 3 amide bonds. The number of nitrogens with one attached hydrogen (secondary N) is 2. The van der Waals surface area contributed by atoms with Gasteiger partial charge in [0.25, 0.3) is 0 Å². The Morgan fingerprint density at radius 3 is 2.65 bits per heavy atom. The molecule has 1 rings (SSSR count). The molecule has 8 heteroatoms. The van der Waals surface area contributed by atoms with Crippen LogP contribution in [0, 0.1) is 5.82 Å². The van der Waals surface area contributed by atoms with Crippen molar-refractivity contribution in [3.8, 4) is 5.75 Å². The number of carbonyl (C=O) groups is 2. The minimum atomic E-state index is -0.717. The van der Waals surface area contributed by atoms with E-state index in [1.807, 2.05) is 6.26 Å². The van der Waals surface area contributed by atoms with Crippen LogP contribution in [0.1, 0.15) is 12.8 Å². The zero-order chi connectivity index (χ0) is 17.1. The average molecular weight is 343 g/mol. The molecule has 1 unspecified atom stereocenters. The fraction of sp³-hybridized carbons (Fsp3) is 0.467. The fourth-order valence-electron chi connectivity index (χ4n) is 1.80. The van der Waals surface area contributed by atoms with Crippen molar-refractivity contribution in [2.24, 2.45) is 5.73 Å². The first-order valence-electron chi connectivity index (χ1n) is 7.24. The van der Waals surface area contributed by atoms with Gasteiger partial charge in [-0.3, -0.25) is 4.79 Å². The number of primary amides is 1. The van der Waals surface area contributed by atoms with Crippen LogP contribution in [0.5, 0.6) is 5.75 Å². The second-order valence-corrected chi connectivity index (χ2v) is 5.78. The predicted molar refractivity (Wildman–Crippen MR) is 89.0 cm³/mol. The lowest BCUT2D eigenvalue weighted by Crippen LogP contribution is -2.49. The van der Waals surface area contributed by atoms with E-state index in [4.69, 9.17) is 10.5 Å². The minimum absolute atomic E-state index is 0.264. The molecule has 0 heterocycles. The van der Waals surface area contributed by atoms with Crippen LogP contribution in [-0.4, -0.2) is 43.1 Å². The normalized spacial score (nSPS) is 11.6. The zero-order valence-corrected chi connectivity index (χ0v) is 13.8. The first kappa shape index (κ1) is 19.1. The summed E-state index contributed by atoms with van der Waals surface area (Å²) in [6.45, 7) is 0.806.